The molecule has 0 aromatic heterocycles. The van der Waals surface area contributed by atoms with Crippen molar-refractivity contribution in [2.75, 3.05) is 13.8 Å². The zero-order valence-corrected chi connectivity index (χ0v) is 18.3. The number of carboxylic acid groups (broad SMARTS) is 1. The van der Waals surface area contributed by atoms with E-state index in [2.05, 4.69) is 10.1 Å². The highest BCUT2D eigenvalue weighted by Crippen LogP contribution is 2.31. The minimum Gasteiger partial charge on any atom is -0.496 e. The maximum Gasteiger partial charge on any atom is 0.351 e. The average molecular weight is 441 g/mol. The molecule has 0 amide bonds. The van der Waals surface area contributed by atoms with Crippen molar-refractivity contribution in [3.63, 3.8) is 0 Å². The summed E-state index contributed by atoms with van der Waals surface area (Å²) in [6.07, 6.45) is 1.88. The van der Waals surface area contributed by atoms with Crippen molar-refractivity contribution in [3.8, 4) is 17.2 Å². The van der Waals surface area contributed by atoms with Gasteiger partial charge in [0.25, 0.3) is 0 Å². The van der Waals surface area contributed by atoms with Crippen LogP contribution < -0.4 is 9.47 Å². The van der Waals surface area contributed by atoms with Crippen LogP contribution in [0, 0.1) is 0 Å². The van der Waals surface area contributed by atoms with Gasteiger partial charge < -0.3 is 14.6 Å². The quantitative estimate of drug-likeness (QED) is 0.519. The highest BCUT2D eigenvalue weighted by Gasteiger charge is 2.21. The number of nitrogens with zero attached hydrogens (tertiary/aromatic N) is 3. The summed E-state index contributed by atoms with van der Waals surface area (Å²) in [6, 6.07) is 24.8. The van der Waals surface area contributed by atoms with Crippen molar-refractivity contribution in [3.05, 3.63) is 96.1 Å². The summed E-state index contributed by atoms with van der Waals surface area (Å²) in [5.74, 6) is 1.06. The molecule has 3 aromatic rings. The fraction of sp³-hybridized carbons (Fsp3) is 0.115. The smallest absolute Gasteiger partial charge is 0.351 e. The van der Waals surface area contributed by atoms with Crippen LogP contribution in [0.25, 0.3) is 5.70 Å². The number of methoxy groups -OCH3 is 1. The van der Waals surface area contributed by atoms with E-state index in [0.717, 1.165) is 28.3 Å². The standard InChI is InChI=1S/C26H23N3O4/c1-18(26(30)31)28-29-17-27-23(16-24(29)22-10-6-7-11-25(22)32-2)19-12-14-21(15-13-19)33-20-8-4-3-5-9-20/h3-16H,17H2,1-2H3,(H,30,31)/b28-18+. The molecule has 1 aliphatic heterocycles. The number of carbonyl (C=O) groups is 1. The summed E-state index contributed by atoms with van der Waals surface area (Å²) >= 11 is 0. The van der Waals surface area contributed by atoms with Crippen molar-refractivity contribution < 1.29 is 19.4 Å². The lowest BCUT2D eigenvalue weighted by atomic mass is 10.0. The molecule has 3 aromatic carbocycles. The van der Waals surface area contributed by atoms with Crippen LogP contribution in [-0.4, -0.2) is 41.3 Å². The lowest BCUT2D eigenvalue weighted by molar-refractivity contribution is -0.129. The van der Waals surface area contributed by atoms with Crippen LogP contribution in [-0.2, 0) is 4.79 Å². The van der Waals surface area contributed by atoms with Gasteiger partial charge in [0.15, 0.2) is 0 Å². The molecule has 0 atom stereocenters. The molecule has 1 aliphatic rings. The molecular formula is C26H23N3O4. The minimum absolute atomic E-state index is 0.0307. The molecule has 0 unspecified atom stereocenters. The van der Waals surface area contributed by atoms with Gasteiger partial charge in [0.1, 0.15) is 29.6 Å². The zero-order chi connectivity index (χ0) is 23.2. The van der Waals surface area contributed by atoms with Crippen LogP contribution in [0.4, 0.5) is 0 Å². The van der Waals surface area contributed by atoms with Crippen molar-refractivity contribution in [2.45, 2.75) is 6.92 Å². The average Bonchev–Trinajstić information content (AvgIpc) is 2.85. The predicted molar refractivity (Wildman–Crippen MR) is 128 cm³/mol. The first-order valence-corrected chi connectivity index (χ1v) is 10.3. The van der Waals surface area contributed by atoms with Crippen LogP contribution in [0.5, 0.6) is 17.2 Å². The lowest BCUT2D eigenvalue weighted by Gasteiger charge is -2.26. The summed E-state index contributed by atoms with van der Waals surface area (Å²) in [7, 11) is 1.60. The van der Waals surface area contributed by atoms with Crippen LogP contribution >= 0.6 is 0 Å². The van der Waals surface area contributed by atoms with E-state index in [1.165, 1.54) is 6.92 Å². The second-order valence-corrected chi connectivity index (χ2v) is 7.24. The molecule has 0 saturated heterocycles. The van der Waals surface area contributed by atoms with E-state index in [4.69, 9.17) is 9.47 Å². The van der Waals surface area contributed by atoms with Crippen molar-refractivity contribution in [2.24, 2.45) is 10.1 Å². The molecule has 0 radical (unpaired) electrons. The Balaban J connectivity index is 1.66. The van der Waals surface area contributed by atoms with Crippen LogP contribution in [0.15, 0.2) is 95.0 Å². The highest BCUT2D eigenvalue weighted by atomic mass is 16.5. The lowest BCUT2D eigenvalue weighted by Crippen LogP contribution is -2.25. The summed E-state index contributed by atoms with van der Waals surface area (Å²) in [4.78, 5) is 16.0. The summed E-state index contributed by atoms with van der Waals surface area (Å²) in [5.41, 5.74) is 3.11. The van der Waals surface area contributed by atoms with Crippen LogP contribution in [0.3, 0.4) is 0 Å². The Bertz CT molecular complexity index is 1230. The zero-order valence-electron chi connectivity index (χ0n) is 18.3. The molecule has 0 aliphatic carbocycles. The fourth-order valence-corrected chi connectivity index (χ4v) is 3.34. The highest BCUT2D eigenvalue weighted by molar-refractivity contribution is 6.34. The van der Waals surface area contributed by atoms with Crippen molar-refractivity contribution in [1.29, 1.82) is 0 Å². The monoisotopic (exact) mass is 441 g/mol. The van der Waals surface area contributed by atoms with E-state index in [9.17, 15) is 9.90 Å². The Labute approximate surface area is 191 Å². The number of carboxylic acids is 1. The van der Waals surface area contributed by atoms with Gasteiger partial charge in [0, 0.05) is 11.1 Å². The van der Waals surface area contributed by atoms with Crippen LogP contribution in [0.1, 0.15) is 18.1 Å². The first kappa shape index (κ1) is 21.8. The molecule has 4 rings (SSSR count). The first-order chi connectivity index (χ1) is 16.0. The number of hydrogen-bond acceptors (Lipinski definition) is 6. The third-order valence-corrected chi connectivity index (χ3v) is 5.02. The predicted octanol–water partition coefficient (Wildman–Crippen LogP) is 5.05. The number of rotatable bonds is 7. The van der Waals surface area contributed by atoms with Gasteiger partial charge in [-0.3, -0.25) is 4.99 Å². The van der Waals surface area contributed by atoms with Gasteiger partial charge in [-0.1, -0.05) is 30.3 Å². The second kappa shape index (κ2) is 9.82. The third kappa shape index (κ3) is 5.10. The molecule has 33 heavy (non-hydrogen) atoms. The number of ether oxygens (including phenoxy) is 2. The Morgan fingerprint density at radius 2 is 1.64 bits per heavy atom. The summed E-state index contributed by atoms with van der Waals surface area (Å²) in [5, 5.41) is 15.1. The van der Waals surface area contributed by atoms with Gasteiger partial charge in [0.2, 0.25) is 0 Å². The van der Waals surface area contributed by atoms with Crippen molar-refractivity contribution in [1.82, 2.24) is 5.01 Å². The maximum atomic E-state index is 11.3. The second-order valence-electron chi connectivity index (χ2n) is 7.24. The van der Waals surface area contributed by atoms with Gasteiger partial charge in [-0.25, -0.2) is 9.80 Å². The molecular weight excluding hydrogens is 418 g/mol. The van der Waals surface area contributed by atoms with Gasteiger partial charge in [-0.2, -0.15) is 5.10 Å². The summed E-state index contributed by atoms with van der Waals surface area (Å²) < 4.78 is 11.4. The minimum atomic E-state index is -1.09. The number of hydrogen-bond donors (Lipinski definition) is 1. The first-order valence-electron chi connectivity index (χ1n) is 10.3. The molecule has 1 N–H and O–H groups in total. The normalized spacial score (nSPS) is 13.8. The van der Waals surface area contributed by atoms with Gasteiger partial charge in [-0.15, -0.1) is 0 Å². The topological polar surface area (TPSA) is 83.7 Å². The SMILES string of the molecule is COc1ccccc1C1=CC(c2ccc(Oc3ccccc3)cc2)=NCN1/N=C(\C)C(=O)O. The molecule has 0 bridgehead atoms. The number of hydrazone groups is 1. The Hall–Kier alpha value is -4.39. The van der Waals surface area contributed by atoms with Crippen LogP contribution in [0.2, 0.25) is 0 Å². The van der Waals surface area contributed by atoms with Gasteiger partial charge in [0.05, 0.1) is 18.5 Å². The van der Waals surface area contributed by atoms with E-state index in [1.807, 2.05) is 84.9 Å². The number of aliphatic carboxylic acids is 1. The largest absolute Gasteiger partial charge is 0.496 e. The van der Waals surface area contributed by atoms with Crippen molar-refractivity contribution >= 4 is 23.1 Å². The number of aliphatic imine (C=N–C) groups is 1. The van der Waals surface area contributed by atoms with Gasteiger partial charge >= 0.3 is 5.97 Å². The maximum absolute atomic E-state index is 11.3. The molecule has 0 spiro atoms. The molecule has 0 saturated carbocycles. The molecule has 166 valence electrons. The Morgan fingerprint density at radius 1 is 0.970 bits per heavy atom. The molecule has 7 heteroatoms. The fourth-order valence-electron chi connectivity index (χ4n) is 3.34. The van der Waals surface area contributed by atoms with E-state index < -0.39 is 5.97 Å². The molecule has 7 nitrogen and oxygen atoms in total. The Morgan fingerprint density at radius 3 is 2.33 bits per heavy atom. The van der Waals surface area contributed by atoms with Gasteiger partial charge in [-0.05, 0) is 61.5 Å². The Kier molecular flexibility index (Phi) is 6.50. The number of benzene rings is 3. The number of para-hydroxylation sites is 2. The number of allylic oxidation sites excluding steroid dienone is 1. The third-order valence-electron chi connectivity index (χ3n) is 5.02. The summed E-state index contributed by atoms with van der Waals surface area (Å²) in [6.45, 7) is 1.62. The van der Waals surface area contributed by atoms with E-state index >= 15 is 0 Å². The van der Waals surface area contributed by atoms with E-state index in [1.54, 1.807) is 12.1 Å². The molecule has 0 fully saturated rings. The van der Waals surface area contributed by atoms with E-state index in [0.29, 0.717) is 11.4 Å². The van der Waals surface area contributed by atoms with E-state index in [-0.39, 0.29) is 12.4 Å². The molecule has 1 heterocycles.